The Hall–Kier alpha value is -3.70. The van der Waals surface area contributed by atoms with Crippen molar-refractivity contribution in [1.82, 2.24) is 24.7 Å². The first-order chi connectivity index (χ1) is 17.1. The molecule has 11 heteroatoms. The van der Waals surface area contributed by atoms with Crippen molar-refractivity contribution in [1.29, 1.82) is 0 Å². The summed E-state index contributed by atoms with van der Waals surface area (Å²) in [6, 6.07) is 12.4. The van der Waals surface area contributed by atoms with Gasteiger partial charge in [0.25, 0.3) is 0 Å². The van der Waals surface area contributed by atoms with Crippen LogP contribution in [0, 0.1) is 13.8 Å². The zero-order valence-electron chi connectivity index (χ0n) is 21.6. The van der Waals surface area contributed by atoms with Gasteiger partial charge < -0.3 is 25.3 Å². The quantitative estimate of drug-likeness (QED) is 0.176. The third-order valence-electron chi connectivity index (χ3n) is 5.45. The molecule has 3 N–H and O–H groups in total. The summed E-state index contributed by atoms with van der Waals surface area (Å²) < 4.78 is 18.8. The summed E-state index contributed by atoms with van der Waals surface area (Å²) in [6.45, 7) is 11.4. The monoisotopic (exact) mass is 507 g/mol. The van der Waals surface area contributed by atoms with Gasteiger partial charge in [0.05, 0.1) is 18.3 Å². The van der Waals surface area contributed by atoms with Crippen molar-refractivity contribution < 1.29 is 14.2 Å². The molecular formula is C25H33N7O3Si. The predicted octanol–water partition coefficient (Wildman–Crippen LogP) is 4.85. The number of anilines is 3. The molecule has 0 saturated heterocycles. The Kier molecular flexibility index (Phi) is 7.41. The second-order valence-electron chi connectivity index (χ2n) is 9.75. The number of hydrogen-bond donors (Lipinski definition) is 2. The maximum absolute atomic E-state index is 6.43. The molecule has 0 amide bonds. The average Bonchev–Trinajstić information content (AvgIpc) is 3.16. The molecule has 0 saturated carbocycles. The van der Waals surface area contributed by atoms with Gasteiger partial charge in [-0.2, -0.15) is 0 Å². The Morgan fingerprint density at radius 1 is 1.03 bits per heavy atom. The van der Waals surface area contributed by atoms with Crippen LogP contribution in [0.2, 0.25) is 25.7 Å². The van der Waals surface area contributed by atoms with Crippen molar-refractivity contribution in [3.63, 3.8) is 0 Å². The topological polar surface area (TPSA) is 122 Å². The lowest BCUT2D eigenvalue weighted by atomic mass is 10.2. The van der Waals surface area contributed by atoms with E-state index in [4.69, 9.17) is 25.0 Å². The van der Waals surface area contributed by atoms with Crippen LogP contribution in [0.15, 0.2) is 36.4 Å². The van der Waals surface area contributed by atoms with Crippen LogP contribution < -0.4 is 20.5 Å². The van der Waals surface area contributed by atoms with E-state index < -0.39 is 8.07 Å². The fourth-order valence-electron chi connectivity index (χ4n) is 3.68. The minimum Gasteiger partial charge on any atom is -0.497 e. The molecule has 3 aromatic heterocycles. The molecule has 0 fully saturated rings. The van der Waals surface area contributed by atoms with Crippen molar-refractivity contribution in [3.8, 4) is 17.3 Å². The van der Waals surface area contributed by atoms with Crippen molar-refractivity contribution in [2.24, 2.45) is 0 Å². The zero-order chi connectivity index (χ0) is 25.9. The van der Waals surface area contributed by atoms with Crippen molar-refractivity contribution in [2.75, 3.05) is 31.6 Å². The molecule has 0 spiro atoms. The van der Waals surface area contributed by atoms with Crippen LogP contribution in [-0.2, 0) is 4.74 Å². The largest absolute Gasteiger partial charge is 0.497 e. The SMILES string of the molecule is COc1cccc(-n2nc(OCOCC[Si](C)(C)C)c3c(N)nc(Nc4cc(C)nc(C)n4)cc32)c1. The molecule has 0 radical (unpaired) electrons. The molecule has 3 heterocycles. The van der Waals surface area contributed by atoms with Crippen LogP contribution in [-0.4, -0.2) is 53.3 Å². The number of rotatable bonds is 10. The molecule has 190 valence electrons. The number of hydrogen-bond acceptors (Lipinski definition) is 9. The van der Waals surface area contributed by atoms with Crippen molar-refractivity contribution >= 4 is 36.4 Å². The maximum Gasteiger partial charge on any atom is 0.247 e. The van der Waals surface area contributed by atoms with E-state index in [-0.39, 0.29) is 12.6 Å². The summed E-state index contributed by atoms with van der Waals surface area (Å²) in [4.78, 5) is 13.3. The van der Waals surface area contributed by atoms with Gasteiger partial charge in [0.1, 0.15) is 34.4 Å². The van der Waals surface area contributed by atoms with E-state index >= 15 is 0 Å². The minimum atomic E-state index is -1.19. The first-order valence-electron chi connectivity index (χ1n) is 11.8. The third-order valence-corrected chi connectivity index (χ3v) is 7.16. The molecule has 0 aliphatic heterocycles. The number of ether oxygens (including phenoxy) is 3. The normalized spacial score (nSPS) is 11.6. The minimum absolute atomic E-state index is 0.0770. The molecule has 1 aromatic carbocycles. The zero-order valence-corrected chi connectivity index (χ0v) is 22.6. The first-order valence-corrected chi connectivity index (χ1v) is 15.5. The van der Waals surface area contributed by atoms with Gasteiger partial charge in [-0.05, 0) is 32.0 Å². The summed E-state index contributed by atoms with van der Waals surface area (Å²) in [5, 5.41) is 8.55. The summed E-state index contributed by atoms with van der Waals surface area (Å²) in [5.74, 6) is 3.17. The van der Waals surface area contributed by atoms with Crippen LogP contribution in [0.3, 0.4) is 0 Å². The van der Waals surface area contributed by atoms with E-state index in [0.717, 1.165) is 22.9 Å². The molecular weight excluding hydrogens is 474 g/mol. The number of nitrogens with zero attached hydrogens (tertiary/aromatic N) is 5. The van der Waals surface area contributed by atoms with Gasteiger partial charge in [-0.1, -0.05) is 25.7 Å². The lowest BCUT2D eigenvalue weighted by molar-refractivity contribution is 0.0200. The highest BCUT2D eigenvalue weighted by atomic mass is 28.3. The summed E-state index contributed by atoms with van der Waals surface area (Å²) >= 11 is 0. The number of nitrogen functional groups attached to an aromatic ring is 1. The molecule has 4 rings (SSSR count). The van der Waals surface area contributed by atoms with Gasteiger partial charge in [-0.3, -0.25) is 0 Å². The second-order valence-corrected chi connectivity index (χ2v) is 15.4. The third kappa shape index (κ3) is 6.10. The number of pyridine rings is 1. The molecule has 0 aliphatic carbocycles. The molecule has 0 atom stereocenters. The van der Waals surface area contributed by atoms with Gasteiger partial charge in [0, 0.05) is 38.6 Å². The van der Waals surface area contributed by atoms with Gasteiger partial charge in [-0.15, -0.1) is 5.10 Å². The molecule has 0 bridgehead atoms. The van der Waals surface area contributed by atoms with E-state index in [0.29, 0.717) is 41.1 Å². The predicted molar refractivity (Wildman–Crippen MR) is 144 cm³/mol. The Morgan fingerprint density at radius 3 is 2.53 bits per heavy atom. The highest BCUT2D eigenvalue weighted by molar-refractivity contribution is 6.76. The van der Waals surface area contributed by atoms with E-state index in [1.165, 1.54) is 0 Å². The van der Waals surface area contributed by atoms with Crippen LogP contribution >= 0.6 is 0 Å². The lowest BCUT2D eigenvalue weighted by Gasteiger charge is -2.15. The van der Waals surface area contributed by atoms with Crippen LogP contribution in [0.5, 0.6) is 11.6 Å². The summed E-state index contributed by atoms with van der Waals surface area (Å²) in [6.07, 6.45) is 0. The molecule has 0 unspecified atom stereocenters. The van der Waals surface area contributed by atoms with Gasteiger partial charge >= 0.3 is 0 Å². The molecule has 10 nitrogen and oxygen atoms in total. The Bertz CT molecular complexity index is 1350. The number of benzene rings is 1. The number of fused-ring (bicyclic) bond motifs is 1. The smallest absolute Gasteiger partial charge is 0.247 e. The van der Waals surface area contributed by atoms with E-state index in [1.807, 2.05) is 50.2 Å². The van der Waals surface area contributed by atoms with Gasteiger partial charge in [0.15, 0.2) is 6.79 Å². The fraction of sp³-hybridized carbons (Fsp3) is 0.360. The Labute approximate surface area is 211 Å². The highest BCUT2D eigenvalue weighted by Crippen LogP contribution is 2.34. The average molecular weight is 508 g/mol. The molecule has 0 aliphatic rings. The standard InChI is InChI=1S/C25H33N7O3Si/c1-16-12-21(28-17(2)27-16)29-22-14-20-23(24(26)30-22)25(35-15-34-10-11-36(4,5)6)31-32(20)18-8-7-9-19(13-18)33-3/h7-9,12-14H,10-11,15H2,1-6H3,(H3,26,27,28,29,30). The Morgan fingerprint density at radius 2 is 1.81 bits per heavy atom. The van der Waals surface area contributed by atoms with Crippen molar-refractivity contribution in [3.05, 3.63) is 47.9 Å². The van der Waals surface area contributed by atoms with Crippen LogP contribution in [0.4, 0.5) is 17.5 Å². The van der Waals surface area contributed by atoms with Crippen LogP contribution in [0.25, 0.3) is 16.6 Å². The maximum atomic E-state index is 6.43. The highest BCUT2D eigenvalue weighted by Gasteiger charge is 2.19. The van der Waals surface area contributed by atoms with Gasteiger partial charge in [-0.25, -0.2) is 19.6 Å². The van der Waals surface area contributed by atoms with E-state index in [9.17, 15) is 0 Å². The van der Waals surface area contributed by atoms with E-state index in [1.54, 1.807) is 11.8 Å². The number of aryl methyl sites for hydroxylation is 2. The van der Waals surface area contributed by atoms with Crippen LogP contribution in [0.1, 0.15) is 11.5 Å². The summed E-state index contributed by atoms with van der Waals surface area (Å²) in [7, 11) is 0.435. The molecule has 4 aromatic rings. The first kappa shape index (κ1) is 25.4. The number of methoxy groups -OCH3 is 1. The Balaban J connectivity index is 1.71. The molecule has 36 heavy (non-hydrogen) atoms. The number of nitrogens with one attached hydrogen (secondary N) is 1. The van der Waals surface area contributed by atoms with E-state index in [2.05, 4.69) is 39.9 Å². The fourth-order valence-corrected chi connectivity index (χ4v) is 4.44. The second kappa shape index (κ2) is 10.5. The number of nitrogens with two attached hydrogens (primary N) is 1. The summed E-state index contributed by atoms with van der Waals surface area (Å²) in [5.41, 5.74) is 8.79. The lowest BCUT2D eigenvalue weighted by Crippen LogP contribution is -2.22. The van der Waals surface area contributed by atoms with Crippen molar-refractivity contribution in [2.45, 2.75) is 39.5 Å². The number of aromatic nitrogens is 5. The van der Waals surface area contributed by atoms with Gasteiger partial charge in [0.2, 0.25) is 5.88 Å².